The lowest BCUT2D eigenvalue weighted by Gasteiger charge is -2.15. The first-order valence-corrected chi connectivity index (χ1v) is 13.0. The molecule has 0 unspecified atom stereocenters. The fourth-order valence-corrected chi connectivity index (χ4v) is 5.19. The number of aryl methyl sites for hydroxylation is 1. The van der Waals surface area contributed by atoms with E-state index in [1.165, 1.54) is 17.3 Å². The van der Waals surface area contributed by atoms with Crippen LogP contribution in [0.5, 0.6) is 11.5 Å². The molecular formula is C28H26ClNO3S2. The zero-order chi connectivity index (χ0) is 24.8. The number of amides is 1. The summed E-state index contributed by atoms with van der Waals surface area (Å²) in [6.45, 7) is 2.50. The molecular weight excluding hydrogens is 498 g/mol. The van der Waals surface area contributed by atoms with Crippen LogP contribution in [-0.4, -0.2) is 17.3 Å². The molecule has 1 amide bonds. The fraction of sp³-hybridized carbons (Fsp3) is 0.214. The molecule has 0 spiro atoms. The van der Waals surface area contributed by atoms with Crippen LogP contribution in [0.3, 0.4) is 0 Å². The second-order valence-corrected chi connectivity index (χ2v) is 10.2. The van der Waals surface area contributed by atoms with Gasteiger partial charge in [0.2, 0.25) is 0 Å². The molecule has 0 radical (unpaired) electrons. The summed E-state index contributed by atoms with van der Waals surface area (Å²) in [6.07, 6.45) is 5.17. The normalized spacial score (nSPS) is 14.6. The summed E-state index contributed by atoms with van der Waals surface area (Å²) in [5.41, 5.74) is 3.77. The van der Waals surface area contributed by atoms with E-state index in [1.54, 1.807) is 12.0 Å². The van der Waals surface area contributed by atoms with Crippen LogP contribution in [0.4, 0.5) is 5.69 Å². The van der Waals surface area contributed by atoms with E-state index in [1.807, 2.05) is 60.7 Å². The van der Waals surface area contributed by atoms with Gasteiger partial charge in [-0.15, -0.1) is 0 Å². The van der Waals surface area contributed by atoms with Gasteiger partial charge in [-0.2, -0.15) is 0 Å². The average Bonchev–Trinajstić information content (AvgIpc) is 3.15. The topological polar surface area (TPSA) is 38.8 Å². The Morgan fingerprint density at radius 2 is 1.83 bits per heavy atom. The highest BCUT2D eigenvalue weighted by atomic mass is 35.5. The van der Waals surface area contributed by atoms with E-state index < -0.39 is 0 Å². The van der Waals surface area contributed by atoms with Crippen LogP contribution in [0.2, 0.25) is 5.02 Å². The van der Waals surface area contributed by atoms with E-state index in [0.29, 0.717) is 32.4 Å². The SMILES string of the molecule is CCCCc1ccc(N2C(=O)/C(=C/c3ccc(OCc4ccccc4Cl)c(OC)c3)SC2=S)cc1. The predicted molar refractivity (Wildman–Crippen MR) is 149 cm³/mol. The summed E-state index contributed by atoms with van der Waals surface area (Å²) in [4.78, 5) is 15.3. The van der Waals surface area contributed by atoms with Crippen LogP contribution in [0.1, 0.15) is 36.5 Å². The lowest BCUT2D eigenvalue weighted by molar-refractivity contribution is -0.113. The molecule has 180 valence electrons. The number of hydrogen-bond donors (Lipinski definition) is 0. The second kappa shape index (κ2) is 11.8. The Labute approximate surface area is 220 Å². The van der Waals surface area contributed by atoms with Gasteiger partial charge in [-0.25, -0.2) is 0 Å². The van der Waals surface area contributed by atoms with Gasteiger partial charge in [0.15, 0.2) is 15.8 Å². The van der Waals surface area contributed by atoms with E-state index >= 15 is 0 Å². The van der Waals surface area contributed by atoms with Gasteiger partial charge in [-0.05, 0) is 60.4 Å². The fourth-order valence-electron chi connectivity index (χ4n) is 3.70. The van der Waals surface area contributed by atoms with Crippen molar-refractivity contribution in [1.82, 2.24) is 0 Å². The molecule has 7 heteroatoms. The van der Waals surface area contributed by atoms with E-state index in [0.717, 1.165) is 36.1 Å². The number of thiocarbonyl (C=S) groups is 1. The van der Waals surface area contributed by atoms with Gasteiger partial charge in [0.05, 0.1) is 17.7 Å². The van der Waals surface area contributed by atoms with Crippen molar-refractivity contribution in [3.05, 3.63) is 93.3 Å². The third-order valence-corrected chi connectivity index (χ3v) is 7.30. The Morgan fingerprint density at radius 3 is 2.54 bits per heavy atom. The van der Waals surface area contributed by atoms with Gasteiger partial charge >= 0.3 is 0 Å². The molecule has 35 heavy (non-hydrogen) atoms. The largest absolute Gasteiger partial charge is 0.493 e. The number of nitrogens with zero attached hydrogens (tertiary/aromatic N) is 1. The summed E-state index contributed by atoms with van der Waals surface area (Å²) >= 11 is 13.1. The number of carbonyl (C=O) groups excluding carboxylic acids is 1. The van der Waals surface area contributed by atoms with E-state index in [4.69, 9.17) is 33.3 Å². The van der Waals surface area contributed by atoms with Gasteiger partial charge in [0, 0.05) is 10.6 Å². The van der Waals surface area contributed by atoms with E-state index in [-0.39, 0.29) is 5.91 Å². The minimum Gasteiger partial charge on any atom is -0.493 e. The van der Waals surface area contributed by atoms with Crippen LogP contribution in [-0.2, 0) is 17.8 Å². The zero-order valence-electron chi connectivity index (χ0n) is 19.6. The molecule has 1 heterocycles. The molecule has 1 fully saturated rings. The monoisotopic (exact) mass is 523 g/mol. The first-order chi connectivity index (χ1) is 17.0. The van der Waals surface area contributed by atoms with Crippen LogP contribution >= 0.6 is 35.6 Å². The first kappa shape index (κ1) is 25.3. The van der Waals surface area contributed by atoms with Crippen molar-refractivity contribution in [2.24, 2.45) is 0 Å². The molecule has 3 aromatic carbocycles. The first-order valence-electron chi connectivity index (χ1n) is 11.4. The standard InChI is InChI=1S/C28H26ClNO3S2/c1-3-4-7-19-10-13-22(14-11-19)30-27(31)26(35-28(30)34)17-20-12-15-24(25(16-20)32-2)33-18-21-8-5-6-9-23(21)29/h5-6,8-17H,3-4,7,18H2,1-2H3/b26-17-. The second-order valence-electron chi connectivity index (χ2n) is 8.08. The van der Waals surface area contributed by atoms with Crippen LogP contribution in [0.15, 0.2) is 71.6 Å². The number of hydrogen-bond acceptors (Lipinski definition) is 5. The molecule has 1 aliphatic rings. The Balaban J connectivity index is 1.49. The van der Waals surface area contributed by atoms with Gasteiger partial charge in [0.1, 0.15) is 6.61 Å². The summed E-state index contributed by atoms with van der Waals surface area (Å²) < 4.78 is 12.0. The van der Waals surface area contributed by atoms with Crippen LogP contribution < -0.4 is 14.4 Å². The van der Waals surface area contributed by atoms with Crippen molar-refractivity contribution in [3.8, 4) is 11.5 Å². The van der Waals surface area contributed by atoms with Crippen molar-refractivity contribution >= 4 is 57.6 Å². The quantitative estimate of drug-likeness (QED) is 0.212. The van der Waals surface area contributed by atoms with E-state index in [2.05, 4.69) is 19.1 Å². The Hall–Kier alpha value is -2.80. The molecule has 3 aromatic rings. The van der Waals surface area contributed by atoms with Gasteiger partial charge < -0.3 is 9.47 Å². The molecule has 0 bridgehead atoms. The van der Waals surface area contributed by atoms with Crippen molar-refractivity contribution in [2.75, 3.05) is 12.0 Å². The van der Waals surface area contributed by atoms with Crippen molar-refractivity contribution in [2.45, 2.75) is 32.8 Å². The Morgan fingerprint density at radius 1 is 1.06 bits per heavy atom. The van der Waals surface area contributed by atoms with Crippen molar-refractivity contribution < 1.29 is 14.3 Å². The number of methoxy groups -OCH3 is 1. The van der Waals surface area contributed by atoms with Crippen LogP contribution in [0, 0.1) is 0 Å². The number of unbranched alkanes of at least 4 members (excludes halogenated alkanes) is 1. The summed E-state index contributed by atoms with van der Waals surface area (Å²) in [5, 5.41) is 0.653. The maximum Gasteiger partial charge on any atom is 0.270 e. The third kappa shape index (κ3) is 6.07. The third-order valence-electron chi connectivity index (χ3n) is 5.63. The summed E-state index contributed by atoms with van der Waals surface area (Å²) in [5.74, 6) is 1.04. The molecule has 0 atom stereocenters. The van der Waals surface area contributed by atoms with Crippen LogP contribution in [0.25, 0.3) is 6.08 Å². The lowest BCUT2D eigenvalue weighted by atomic mass is 10.1. The zero-order valence-corrected chi connectivity index (χ0v) is 22.0. The number of rotatable bonds is 9. The molecule has 0 aliphatic carbocycles. The molecule has 0 saturated carbocycles. The highest BCUT2D eigenvalue weighted by Gasteiger charge is 2.33. The Kier molecular flexibility index (Phi) is 8.50. The number of carbonyl (C=O) groups is 1. The minimum absolute atomic E-state index is 0.126. The number of anilines is 1. The molecule has 4 nitrogen and oxygen atoms in total. The summed E-state index contributed by atoms with van der Waals surface area (Å²) in [6, 6.07) is 21.2. The molecule has 0 aromatic heterocycles. The van der Waals surface area contributed by atoms with Gasteiger partial charge in [-0.1, -0.05) is 85.3 Å². The van der Waals surface area contributed by atoms with Gasteiger partial charge in [0.25, 0.3) is 5.91 Å². The predicted octanol–water partition coefficient (Wildman–Crippen LogP) is 7.68. The maximum atomic E-state index is 13.2. The van der Waals surface area contributed by atoms with Gasteiger partial charge in [-0.3, -0.25) is 9.69 Å². The highest BCUT2D eigenvalue weighted by molar-refractivity contribution is 8.27. The Bertz CT molecular complexity index is 1260. The number of thioether (sulfide) groups is 1. The number of halogens is 1. The maximum absolute atomic E-state index is 13.2. The number of ether oxygens (including phenoxy) is 2. The minimum atomic E-state index is -0.126. The average molecular weight is 524 g/mol. The lowest BCUT2D eigenvalue weighted by Crippen LogP contribution is -2.27. The molecule has 1 aliphatic heterocycles. The molecule has 1 saturated heterocycles. The number of benzene rings is 3. The van der Waals surface area contributed by atoms with E-state index in [9.17, 15) is 4.79 Å². The smallest absolute Gasteiger partial charge is 0.270 e. The molecule has 0 N–H and O–H groups in total. The van der Waals surface area contributed by atoms with Crippen molar-refractivity contribution in [1.29, 1.82) is 0 Å². The molecule has 4 rings (SSSR count). The summed E-state index contributed by atoms with van der Waals surface area (Å²) in [7, 11) is 1.59. The van der Waals surface area contributed by atoms with Crippen molar-refractivity contribution in [3.63, 3.8) is 0 Å². The highest BCUT2D eigenvalue weighted by Crippen LogP contribution is 2.37.